The third kappa shape index (κ3) is 2.10. The van der Waals surface area contributed by atoms with Gasteiger partial charge in [0.15, 0.2) is 0 Å². The molecular formula is C16H17NO. The Labute approximate surface area is 107 Å². The number of carbonyl (C=O) groups is 1. The van der Waals surface area contributed by atoms with Crippen molar-refractivity contribution in [2.24, 2.45) is 0 Å². The van der Waals surface area contributed by atoms with Crippen molar-refractivity contribution in [1.29, 1.82) is 0 Å². The summed E-state index contributed by atoms with van der Waals surface area (Å²) in [6.07, 6.45) is 2.49. The van der Waals surface area contributed by atoms with Crippen molar-refractivity contribution in [3.05, 3.63) is 48.0 Å². The van der Waals surface area contributed by atoms with Crippen molar-refractivity contribution >= 4 is 16.7 Å². The van der Waals surface area contributed by atoms with Crippen molar-refractivity contribution in [2.75, 3.05) is 0 Å². The molecule has 1 saturated heterocycles. The Balaban J connectivity index is 1.89. The number of amides is 1. The molecule has 3 rings (SSSR count). The summed E-state index contributed by atoms with van der Waals surface area (Å²) < 4.78 is 0. The molecule has 1 unspecified atom stereocenters. The summed E-state index contributed by atoms with van der Waals surface area (Å²) in [6.45, 7) is 2.13. The van der Waals surface area contributed by atoms with Gasteiger partial charge in [-0.1, -0.05) is 42.5 Å². The van der Waals surface area contributed by atoms with Crippen LogP contribution in [-0.2, 0) is 11.2 Å². The van der Waals surface area contributed by atoms with Gasteiger partial charge in [-0.3, -0.25) is 4.79 Å². The second-order valence-electron chi connectivity index (χ2n) is 5.47. The Hall–Kier alpha value is -1.83. The molecule has 2 aromatic carbocycles. The van der Waals surface area contributed by atoms with E-state index in [0.717, 1.165) is 12.8 Å². The van der Waals surface area contributed by atoms with Crippen molar-refractivity contribution in [1.82, 2.24) is 5.32 Å². The number of benzene rings is 2. The Kier molecular flexibility index (Phi) is 2.58. The van der Waals surface area contributed by atoms with Crippen LogP contribution in [0.3, 0.4) is 0 Å². The topological polar surface area (TPSA) is 29.1 Å². The molecule has 0 aromatic heterocycles. The molecule has 2 aromatic rings. The molecule has 0 radical (unpaired) electrons. The highest BCUT2D eigenvalue weighted by molar-refractivity contribution is 5.83. The summed E-state index contributed by atoms with van der Waals surface area (Å²) in [7, 11) is 0. The van der Waals surface area contributed by atoms with Crippen LogP contribution < -0.4 is 5.32 Å². The third-order valence-electron chi connectivity index (χ3n) is 3.75. The zero-order valence-corrected chi connectivity index (χ0v) is 10.6. The predicted molar refractivity (Wildman–Crippen MR) is 73.4 cm³/mol. The summed E-state index contributed by atoms with van der Waals surface area (Å²) in [5, 5.41) is 5.62. The Morgan fingerprint density at radius 3 is 2.67 bits per heavy atom. The minimum atomic E-state index is -0.0699. The molecule has 92 valence electrons. The Bertz CT molecular complexity index is 605. The summed E-state index contributed by atoms with van der Waals surface area (Å²) >= 11 is 0. The fourth-order valence-electron chi connectivity index (χ4n) is 2.78. The lowest BCUT2D eigenvalue weighted by molar-refractivity contribution is -0.119. The van der Waals surface area contributed by atoms with Gasteiger partial charge < -0.3 is 5.32 Å². The van der Waals surface area contributed by atoms with Gasteiger partial charge in [-0.05, 0) is 36.1 Å². The molecule has 2 heteroatoms. The second kappa shape index (κ2) is 4.13. The van der Waals surface area contributed by atoms with Crippen LogP contribution in [0, 0.1) is 0 Å². The van der Waals surface area contributed by atoms with Gasteiger partial charge in [0.1, 0.15) is 0 Å². The van der Waals surface area contributed by atoms with Crippen LogP contribution in [-0.4, -0.2) is 11.4 Å². The molecule has 1 aliphatic rings. The van der Waals surface area contributed by atoms with Crippen LogP contribution in [0.4, 0.5) is 0 Å². The first-order valence-corrected chi connectivity index (χ1v) is 6.43. The number of fused-ring (bicyclic) bond motifs is 1. The highest BCUT2D eigenvalue weighted by Crippen LogP contribution is 2.25. The smallest absolute Gasteiger partial charge is 0.220 e. The second-order valence-corrected chi connectivity index (χ2v) is 5.47. The van der Waals surface area contributed by atoms with E-state index in [-0.39, 0.29) is 11.4 Å². The van der Waals surface area contributed by atoms with E-state index < -0.39 is 0 Å². The minimum absolute atomic E-state index is 0.0699. The molecule has 18 heavy (non-hydrogen) atoms. The van der Waals surface area contributed by atoms with Crippen LogP contribution in [0.1, 0.15) is 25.3 Å². The molecule has 1 aliphatic heterocycles. The maximum absolute atomic E-state index is 11.4. The lowest BCUT2D eigenvalue weighted by Gasteiger charge is -2.24. The molecule has 0 spiro atoms. The lowest BCUT2D eigenvalue weighted by atomic mass is 9.90. The monoisotopic (exact) mass is 239 g/mol. The molecule has 1 fully saturated rings. The van der Waals surface area contributed by atoms with Crippen molar-refractivity contribution < 1.29 is 4.79 Å². The van der Waals surface area contributed by atoms with Gasteiger partial charge in [0.2, 0.25) is 5.91 Å². The zero-order valence-electron chi connectivity index (χ0n) is 10.6. The first-order chi connectivity index (χ1) is 8.65. The Morgan fingerprint density at radius 1 is 1.17 bits per heavy atom. The molecule has 1 N–H and O–H groups in total. The van der Waals surface area contributed by atoms with E-state index in [4.69, 9.17) is 0 Å². The van der Waals surface area contributed by atoms with Crippen molar-refractivity contribution in [3.8, 4) is 0 Å². The van der Waals surface area contributed by atoms with Crippen molar-refractivity contribution in [3.63, 3.8) is 0 Å². The maximum atomic E-state index is 11.4. The quantitative estimate of drug-likeness (QED) is 0.857. The maximum Gasteiger partial charge on any atom is 0.220 e. The van der Waals surface area contributed by atoms with E-state index in [0.29, 0.717) is 6.42 Å². The van der Waals surface area contributed by atoms with Crippen LogP contribution in [0.15, 0.2) is 42.5 Å². The van der Waals surface area contributed by atoms with E-state index in [1.807, 2.05) is 0 Å². The van der Waals surface area contributed by atoms with E-state index in [9.17, 15) is 4.79 Å². The highest BCUT2D eigenvalue weighted by atomic mass is 16.2. The van der Waals surface area contributed by atoms with Crippen LogP contribution in [0.25, 0.3) is 10.8 Å². The minimum Gasteiger partial charge on any atom is -0.351 e. The van der Waals surface area contributed by atoms with Gasteiger partial charge in [0.05, 0.1) is 0 Å². The van der Waals surface area contributed by atoms with E-state index in [2.05, 4.69) is 54.7 Å². The summed E-state index contributed by atoms with van der Waals surface area (Å²) in [5.74, 6) is 0.179. The van der Waals surface area contributed by atoms with Crippen LogP contribution >= 0.6 is 0 Å². The standard InChI is InChI=1S/C16H17NO/c1-16(9-8-15(18)17-16)11-12-6-7-13-4-2-3-5-14(13)10-12/h2-7,10H,8-9,11H2,1H3,(H,17,18). The first kappa shape index (κ1) is 11.3. The normalized spacial score (nSPS) is 23.3. The van der Waals surface area contributed by atoms with Crippen LogP contribution in [0.2, 0.25) is 0 Å². The lowest BCUT2D eigenvalue weighted by Crippen LogP contribution is -2.40. The van der Waals surface area contributed by atoms with Crippen LogP contribution in [0.5, 0.6) is 0 Å². The molecule has 2 nitrogen and oxygen atoms in total. The van der Waals surface area contributed by atoms with E-state index >= 15 is 0 Å². The summed E-state index contributed by atoms with van der Waals surface area (Å²) in [5.41, 5.74) is 1.22. The molecule has 1 atom stereocenters. The third-order valence-corrected chi connectivity index (χ3v) is 3.75. The molecule has 1 heterocycles. The van der Waals surface area contributed by atoms with E-state index in [1.165, 1.54) is 16.3 Å². The first-order valence-electron chi connectivity index (χ1n) is 6.43. The molecular weight excluding hydrogens is 222 g/mol. The molecule has 0 saturated carbocycles. The largest absolute Gasteiger partial charge is 0.351 e. The SMILES string of the molecule is CC1(Cc2ccc3ccccc3c2)CCC(=O)N1. The van der Waals surface area contributed by atoms with Gasteiger partial charge in [0, 0.05) is 12.0 Å². The van der Waals surface area contributed by atoms with E-state index in [1.54, 1.807) is 0 Å². The zero-order chi connectivity index (χ0) is 12.6. The van der Waals surface area contributed by atoms with Gasteiger partial charge in [-0.25, -0.2) is 0 Å². The summed E-state index contributed by atoms with van der Waals surface area (Å²) in [6, 6.07) is 14.9. The predicted octanol–water partition coefficient (Wildman–Crippen LogP) is 3.05. The number of nitrogens with one attached hydrogen (secondary N) is 1. The number of hydrogen-bond acceptors (Lipinski definition) is 1. The molecule has 1 amide bonds. The van der Waals surface area contributed by atoms with Crippen molar-refractivity contribution in [2.45, 2.75) is 31.7 Å². The summed E-state index contributed by atoms with van der Waals surface area (Å²) in [4.78, 5) is 11.4. The van der Waals surface area contributed by atoms with Gasteiger partial charge in [-0.2, -0.15) is 0 Å². The Morgan fingerprint density at radius 2 is 1.94 bits per heavy atom. The van der Waals surface area contributed by atoms with Gasteiger partial charge >= 0.3 is 0 Å². The molecule has 0 bridgehead atoms. The fraction of sp³-hybridized carbons (Fsp3) is 0.312. The average molecular weight is 239 g/mol. The van der Waals surface area contributed by atoms with Gasteiger partial charge in [0.25, 0.3) is 0 Å². The average Bonchev–Trinajstić information content (AvgIpc) is 2.69. The number of rotatable bonds is 2. The van der Waals surface area contributed by atoms with Gasteiger partial charge in [-0.15, -0.1) is 0 Å². The fourth-order valence-corrected chi connectivity index (χ4v) is 2.78. The highest BCUT2D eigenvalue weighted by Gasteiger charge is 2.32. The number of hydrogen-bond donors (Lipinski definition) is 1. The number of carbonyl (C=O) groups excluding carboxylic acids is 1. The molecule has 0 aliphatic carbocycles.